The number of ether oxygens (including phenoxy) is 1. The van der Waals surface area contributed by atoms with E-state index in [1.54, 1.807) is 7.11 Å². The number of anilines is 2. The quantitative estimate of drug-likeness (QED) is 0.867. The Morgan fingerprint density at radius 3 is 2.91 bits per heavy atom. The lowest BCUT2D eigenvalue weighted by molar-refractivity contribution is 0.0919. The molecular weight excluding hydrogens is 298 g/mol. The van der Waals surface area contributed by atoms with Gasteiger partial charge in [-0.25, -0.2) is 4.98 Å². The Kier molecular flexibility index (Phi) is 3.43. The number of hydrogen-bond donors (Lipinski definition) is 2. The molecule has 1 aliphatic carbocycles. The summed E-state index contributed by atoms with van der Waals surface area (Å²) in [6, 6.07) is 0.221. The Morgan fingerprint density at radius 2 is 2.18 bits per heavy atom. The normalized spacial score (nSPS) is 24.9. The molecule has 4 N–H and O–H groups in total. The van der Waals surface area contributed by atoms with E-state index in [1.807, 2.05) is 11.3 Å². The van der Waals surface area contributed by atoms with Crippen LogP contribution in [0.3, 0.4) is 0 Å². The Labute approximate surface area is 133 Å². The van der Waals surface area contributed by atoms with E-state index >= 15 is 0 Å². The number of nitrogen functional groups attached to an aromatic ring is 1. The highest BCUT2D eigenvalue weighted by molar-refractivity contribution is 7.19. The van der Waals surface area contributed by atoms with Gasteiger partial charge in [0.1, 0.15) is 0 Å². The molecule has 0 radical (unpaired) electrons. The molecule has 4 rings (SSSR count). The van der Waals surface area contributed by atoms with Crippen LogP contribution in [0, 0.1) is 0 Å². The van der Waals surface area contributed by atoms with Crippen LogP contribution in [-0.4, -0.2) is 42.3 Å². The Balaban J connectivity index is 1.84. The maximum atomic E-state index is 6.05. The van der Waals surface area contributed by atoms with Crippen molar-refractivity contribution in [3.63, 3.8) is 0 Å². The molecule has 0 spiro atoms. The van der Waals surface area contributed by atoms with Crippen molar-refractivity contribution in [3.8, 4) is 0 Å². The molecule has 1 aliphatic heterocycles. The highest BCUT2D eigenvalue weighted by Crippen LogP contribution is 2.40. The maximum absolute atomic E-state index is 6.05. The van der Waals surface area contributed by atoms with E-state index < -0.39 is 0 Å². The molecule has 1 fully saturated rings. The number of nitrogens with two attached hydrogens (primary N) is 2. The standard InChI is InChI=1S/C15H21N5OS/c1-21-9-2-3-11-10(6-9)12-13(22-11)14(19-15(17)18-12)20-5-4-8(16)7-20/h8-9H,2-7,16H2,1H3,(H2,17,18,19)/t8-,9?/m0/s1. The molecule has 0 amide bonds. The maximum Gasteiger partial charge on any atom is 0.222 e. The predicted octanol–water partition coefficient (Wildman–Crippen LogP) is 1.31. The van der Waals surface area contributed by atoms with Gasteiger partial charge in [0.2, 0.25) is 5.95 Å². The third-order valence-corrected chi connectivity index (χ3v) is 5.97. The zero-order valence-corrected chi connectivity index (χ0v) is 13.5. The highest BCUT2D eigenvalue weighted by atomic mass is 32.1. The van der Waals surface area contributed by atoms with Gasteiger partial charge in [-0.2, -0.15) is 4.98 Å². The summed E-state index contributed by atoms with van der Waals surface area (Å²) < 4.78 is 6.70. The molecule has 2 aromatic rings. The lowest BCUT2D eigenvalue weighted by atomic mass is 9.95. The fourth-order valence-electron chi connectivity index (χ4n) is 3.50. The van der Waals surface area contributed by atoms with Crippen LogP contribution in [0.4, 0.5) is 11.8 Å². The first kappa shape index (κ1) is 14.2. The van der Waals surface area contributed by atoms with Crippen molar-refractivity contribution in [2.24, 2.45) is 5.73 Å². The number of methoxy groups -OCH3 is 1. The number of nitrogens with zero attached hydrogens (tertiary/aromatic N) is 3. The minimum absolute atomic E-state index is 0.221. The fraction of sp³-hybridized carbons (Fsp3) is 0.600. The molecule has 22 heavy (non-hydrogen) atoms. The van der Waals surface area contributed by atoms with Crippen molar-refractivity contribution in [2.45, 2.75) is 37.8 Å². The van der Waals surface area contributed by atoms with Gasteiger partial charge in [0.05, 0.1) is 16.3 Å². The first-order chi connectivity index (χ1) is 10.7. The number of thiophene rings is 1. The largest absolute Gasteiger partial charge is 0.381 e. The molecule has 2 aromatic heterocycles. The van der Waals surface area contributed by atoms with Crippen molar-refractivity contribution < 1.29 is 4.74 Å². The molecule has 0 saturated carbocycles. The van der Waals surface area contributed by atoms with Crippen LogP contribution in [0.1, 0.15) is 23.3 Å². The van der Waals surface area contributed by atoms with Crippen LogP contribution in [0.5, 0.6) is 0 Å². The van der Waals surface area contributed by atoms with E-state index in [1.165, 1.54) is 10.4 Å². The lowest BCUT2D eigenvalue weighted by Gasteiger charge is -2.20. The van der Waals surface area contributed by atoms with Gasteiger partial charge in [0.15, 0.2) is 5.82 Å². The van der Waals surface area contributed by atoms with Crippen molar-refractivity contribution in [2.75, 3.05) is 30.8 Å². The fourth-order valence-corrected chi connectivity index (χ4v) is 4.80. The molecule has 2 atom stereocenters. The van der Waals surface area contributed by atoms with Gasteiger partial charge in [-0.3, -0.25) is 0 Å². The van der Waals surface area contributed by atoms with Crippen LogP contribution in [0.2, 0.25) is 0 Å². The monoisotopic (exact) mass is 319 g/mol. The van der Waals surface area contributed by atoms with Gasteiger partial charge < -0.3 is 21.1 Å². The zero-order chi connectivity index (χ0) is 15.3. The van der Waals surface area contributed by atoms with Crippen molar-refractivity contribution >= 4 is 33.3 Å². The first-order valence-corrected chi connectivity index (χ1v) is 8.58. The smallest absolute Gasteiger partial charge is 0.222 e. The summed E-state index contributed by atoms with van der Waals surface area (Å²) >= 11 is 1.82. The van der Waals surface area contributed by atoms with E-state index in [4.69, 9.17) is 16.2 Å². The number of aryl methyl sites for hydroxylation is 1. The van der Waals surface area contributed by atoms with Crippen molar-refractivity contribution in [3.05, 3.63) is 10.4 Å². The first-order valence-electron chi connectivity index (χ1n) is 7.76. The van der Waals surface area contributed by atoms with Gasteiger partial charge in [-0.1, -0.05) is 0 Å². The van der Waals surface area contributed by atoms with E-state index in [-0.39, 0.29) is 12.1 Å². The second kappa shape index (κ2) is 5.33. The second-order valence-corrected chi connectivity index (χ2v) is 7.29. The summed E-state index contributed by atoms with van der Waals surface area (Å²) in [5.41, 5.74) is 14.3. The summed E-state index contributed by atoms with van der Waals surface area (Å²) in [5, 5.41) is 0. The minimum atomic E-state index is 0.221. The number of hydrogen-bond acceptors (Lipinski definition) is 7. The van der Waals surface area contributed by atoms with Gasteiger partial charge in [0, 0.05) is 37.5 Å². The molecule has 0 bridgehead atoms. The summed E-state index contributed by atoms with van der Waals surface area (Å²) in [4.78, 5) is 12.7. The summed E-state index contributed by atoms with van der Waals surface area (Å²) in [6.45, 7) is 1.78. The summed E-state index contributed by atoms with van der Waals surface area (Å²) in [6.07, 6.45) is 4.32. The summed E-state index contributed by atoms with van der Waals surface area (Å²) in [5.74, 6) is 1.31. The summed E-state index contributed by atoms with van der Waals surface area (Å²) in [7, 11) is 1.78. The van der Waals surface area contributed by atoms with Gasteiger partial charge >= 0.3 is 0 Å². The van der Waals surface area contributed by atoms with E-state index in [2.05, 4.69) is 14.9 Å². The number of fused-ring (bicyclic) bond motifs is 3. The van der Waals surface area contributed by atoms with E-state index in [9.17, 15) is 0 Å². The average Bonchev–Trinajstić information content (AvgIpc) is 3.09. The molecule has 6 nitrogen and oxygen atoms in total. The molecule has 1 saturated heterocycles. The van der Waals surface area contributed by atoms with Crippen LogP contribution in [-0.2, 0) is 17.6 Å². The number of rotatable bonds is 2. The predicted molar refractivity (Wildman–Crippen MR) is 89.5 cm³/mol. The Hall–Kier alpha value is -1.44. The molecule has 0 aromatic carbocycles. The van der Waals surface area contributed by atoms with Crippen LogP contribution >= 0.6 is 11.3 Å². The van der Waals surface area contributed by atoms with Gasteiger partial charge in [0.25, 0.3) is 0 Å². The van der Waals surface area contributed by atoms with E-state index in [0.29, 0.717) is 5.95 Å². The molecule has 7 heteroatoms. The Morgan fingerprint density at radius 1 is 1.32 bits per heavy atom. The highest BCUT2D eigenvalue weighted by Gasteiger charge is 2.28. The molecule has 3 heterocycles. The lowest BCUT2D eigenvalue weighted by Crippen LogP contribution is -2.27. The third kappa shape index (κ3) is 2.24. The van der Waals surface area contributed by atoms with Gasteiger partial charge in [-0.15, -0.1) is 11.3 Å². The Bertz CT molecular complexity index is 716. The van der Waals surface area contributed by atoms with Crippen molar-refractivity contribution in [1.29, 1.82) is 0 Å². The third-order valence-electron chi connectivity index (χ3n) is 4.70. The molecule has 118 valence electrons. The van der Waals surface area contributed by atoms with E-state index in [0.717, 1.165) is 54.8 Å². The minimum Gasteiger partial charge on any atom is -0.381 e. The molecule has 2 aliphatic rings. The number of aromatic nitrogens is 2. The molecular formula is C15H21N5OS. The van der Waals surface area contributed by atoms with Crippen LogP contribution in [0.25, 0.3) is 10.2 Å². The molecule has 1 unspecified atom stereocenters. The van der Waals surface area contributed by atoms with Crippen LogP contribution in [0.15, 0.2) is 0 Å². The zero-order valence-electron chi connectivity index (χ0n) is 12.7. The average molecular weight is 319 g/mol. The van der Waals surface area contributed by atoms with Gasteiger partial charge in [-0.05, 0) is 24.8 Å². The van der Waals surface area contributed by atoms with Crippen LogP contribution < -0.4 is 16.4 Å². The van der Waals surface area contributed by atoms with Crippen molar-refractivity contribution in [1.82, 2.24) is 9.97 Å². The SMILES string of the molecule is COC1CCc2sc3c(N4CC[C@H](N)C4)nc(N)nc3c2C1. The second-order valence-electron chi connectivity index (χ2n) is 6.18. The topological polar surface area (TPSA) is 90.3 Å².